The smallest absolute Gasteiger partial charge is 0.354 e. The van der Waals surface area contributed by atoms with Crippen molar-refractivity contribution in [2.75, 3.05) is 0 Å². The van der Waals surface area contributed by atoms with Gasteiger partial charge in [0.2, 0.25) is 0 Å². The van der Waals surface area contributed by atoms with Gasteiger partial charge in [-0.25, -0.2) is 14.2 Å². The van der Waals surface area contributed by atoms with Crippen molar-refractivity contribution in [1.82, 2.24) is 9.55 Å². The fourth-order valence-electron chi connectivity index (χ4n) is 3.46. The minimum atomic E-state index is -1.12. The van der Waals surface area contributed by atoms with Gasteiger partial charge in [0, 0.05) is 16.7 Å². The summed E-state index contributed by atoms with van der Waals surface area (Å²) in [5.74, 6) is -1.28. The third kappa shape index (κ3) is 2.72. The second kappa shape index (κ2) is 6.53. The number of rotatable bonds is 3. The molecule has 0 fully saturated rings. The molecule has 140 valence electrons. The number of nitrogens with zero attached hydrogens (tertiary/aromatic N) is 3. The predicted molar refractivity (Wildman–Crippen MR) is 101 cm³/mol. The zero-order valence-corrected chi connectivity index (χ0v) is 15.2. The molecule has 0 aliphatic carbocycles. The maximum atomic E-state index is 14.5. The molecule has 2 heterocycles. The van der Waals surface area contributed by atoms with Crippen LogP contribution >= 0.6 is 0 Å². The molecule has 1 aromatic heterocycles. The molecule has 1 N–H and O–H groups in total. The maximum Gasteiger partial charge on any atom is 0.354 e. The monoisotopic (exact) mass is 377 g/mol. The van der Waals surface area contributed by atoms with Crippen molar-refractivity contribution < 1.29 is 19.1 Å². The zero-order valence-electron chi connectivity index (χ0n) is 15.2. The summed E-state index contributed by atoms with van der Waals surface area (Å²) in [5, 5.41) is 9.69. The van der Waals surface area contributed by atoms with E-state index in [9.17, 15) is 19.1 Å². The SMILES string of the molecule is CC(=O)c1ccc2c(c1)C(c1ccccc1F)=NCc1nc(C)c(C(=O)O)n1-2. The van der Waals surface area contributed by atoms with Crippen molar-refractivity contribution >= 4 is 17.5 Å². The van der Waals surface area contributed by atoms with Gasteiger partial charge < -0.3 is 5.11 Å². The molecule has 28 heavy (non-hydrogen) atoms. The number of halogens is 1. The average molecular weight is 377 g/mol. The van der Waals surface area contributed by atoms with E-state index in [1.165, 1.54) is 17.6 Å². The Morgan fingerprint density at radius 3 is 2.57 bits per heavy atom. The van der Waals surface area contributed by atoms with Crippen molar-refractivity contribution in [3.63, 3.8) is 0 Å². The summed E-state index contributed by atoms with van der Waals surface area (Å²) >= 11 is 0. The number of aromatic carboxylic acids is 1. The highest BCUT2D eigenvalue weighted by molar-refractivity contribution is 6.16. The van der Waals surface area contributed by atoms with Crippen LogP contribution < -0.4 is 0 Å². The molecule has 0 atom stereocenters. The Hall–Kier alpha value is -3.61. The lowest BCUT2D eigenvalue weighted by atomic mass is 9.97. The summed E-state index contributed by atoms with van der Waals surface area (Å²) in [4.78, 5) is 32.7. The molecule has 0 spiro atoms. The van der Waals surface area contributed by atoms with E-state index >= 15 is 0 Å². The van der Waals surface area contributed by atoms with E-state index in [2.05, 4.69) is 9.98 Å². The lowest BCUT2D eigenvalue weighted by molar-refractivity contribution is 0.0686. The summed E-state index contributed by atoms with van der Waals surface area (Å²) in [6, 6.07) is 11.1. The van der Waals surface area contributed by atoms with Crippen LogP contribution in [-0.4, -0.2) is 32.1 Å². The standard InChI is InChI=1S/C21H16FN3O3/c1-11-20(21(27)28)25-17-8-7-13(12(2)26)9-15(17)19(23-10-18(25)24-11)14-5-3-4-6-16(14)22/h3-9H,10H2,1-2H3,(H,27,28). The van der Waals surface area contributed by atoms with Gasteiger partial charge in [-0.05, 0) is 44.2 Å². The molecular formula is C21H16FN3O3. The third-order valence-electron chi connectivity index (χ3n) is 4.73. The number of imidazole rings is 1. The quantitative estimate of drug-likeness (QED) is 0.707. The number of carboxylic acid groups (broad SMARTS) is 1. The fourth-order valence-corrected chi connectivity index (χ4v) is 3.46. The number of aryl methyl sites for hydroxylation is 1. The molecule has 0 radical (unpaired) electrons. The van der Waals surface area contributed by atoms with Crippen molar-refractivity contribution in [3.8, 4) is 5.69 Å². The fraction of sp³-hybridized carbons (Fsp3) is 0.143. The Bertz CT molecular complexity index is 1180. The molecule has 0 amide bonds. The normalized spacial score (nSPS) is 12.6. The molecule has 3 aromatic rings. The number of fused-ring (bicyclic) bond motifs is 3. The predicted octanol–water partition coefficient (Wildman–Crippen LogP) is 3.57. The molecule has 0 saturated heterocycles. The van der Waals surface area contributed by atoms with E-state index in [0.717, 1.165) is 0 Å². The Balaban J connectivity index is 2.07. The highest BCUT2D eigenvalue weighted by Crippen LogP contribution is 2.29. The average Bonchev–Trinajstić information content (AvgIpc) is 2.91. The van der Waals surface area contributed by atoms with Gasteiger partial charge in [-0.15, -0.1) is 0 Å². The number of Topliss-reactive ketones (excluding diaryl/α,β-unsaturated/α-hetero) is 1. The van der Waals surface area contributed by atoms with E-state index in [1.54, 1.807) is 43.3 Å². The Labute approximate surface area is 160 Å². The molecule has 0 bridgehead atoms. The molecular weight excluding hydrogens is 361 g/mol. The number of ketones is 1. The second-order valence-corrected chi connectivity index (χ2v) is 6.54. The lowest BCUT2D eigenvalue weighted by Crippen LogP contribution is -2.14. The van der Waals surface area contributed by atoms with Gasteiger partial charge in [-0.1, -0.05) is 12.1 Å². The van der Waals surface area contributed by atoms with Gasteiger partial charge in [0.05, 0.1) is 23.6 Å². The molecule has 0 saturated carbocycles. The maximum absolute atomic E-state index is 14.5. The Morgan fingerprint density at radius 2 is 1.89 bits per heavy atom. The van der Waals surface area contributed by atoms with Gasteiger partial charge in [0.1, 0.15) is 11.6 Å². The summed E-state index contributed by atoms with van der Waals surface area (Å²) in [6.45, 7) is 3.14. The first-order valence-corrected chi connectivity index (χ1v) is 8.65. The summed E-state index contributed by atoms with van der Waals surface area (Å²) in [7, 11) is 0. The third-order valence-corrected chi connectivity index (χ3v) is 4.73. The largest absolute Gasteiger partial charge is 0.477 e. The second-order valence-electron chi connectivity index (χ2n) is 6.54. The van der Waals surface area contributed by atoms with E-state index < -0.39 is 11.8 Å². The summed E-state index contributed by atoms with van der Waals surface area (Å²) in [5.41, 5.74) is 2.44. The van der Waals surface area contributed by atoms with Crippen LogP contribution in [0.5, 0.6) is 0 Å². The number of hydrogen-bond acceptors (Lipinski definition) is 4. The number of aliphatic imine (C=N–C) groups is 1. The first-order chi connectivity index (χ1) is 13.4. The highest BCUT2D eigenvalue weighted by Gasteiger charge is 2.27. The van der Waals surface area contributed by atoms with Crippen molar-refractivity contribution in [3.05, 3.63) is 82.2 Å². The topological polar surface area (TPSA) is 84.6 Å². The van der Waals surface area contributed by atoms with Crippen LogP contribution in [0.1, 0.15) is 50.4 Å². The van der Waals surface area contributed by atoms with Crippen LogP contribution in [0.25, 0.3) is 5.69 Å². The van der Waals surface area contributed by atoms with Crippen LogP contribution in [0.4, 0.5) is 4.39 Å². The van der Waals surface area contributed by atoms with Crippen molar-refractivity contribution in [1.29, 1.82) is 0 Å². The molecule has 6 nitrogen and oxygen atoms in total. The summed E-state index contributed by atoms with van der Waals surface area (Å²) in [6.07, 6.45) is 0. The first-order valence-electron chi connectivity index (χ1n) is 8.65. The van der Waals surface area contributed by atoms with Crippen LogP contribution in [0.15, 0.2) is 47.5 Å². The minimum absolute atomic E-state index is 0.0248. The Morgan fingerprint density at radius 1 is 1.14 bits per heavy atom. The molecule has 0 unspecified atom stereocenters. The van der Waals surface area contributed by atoms with Gasteiger partial charge in [0.25, 0.3) is 0 Å². The minimum Gasteiger partial charge on any atom is -0.477 e. The van der Waals surface area contributed by atoms with Crippen molar-refractivity contribution in [2.24, 2.45) is 4.99 Å². The van der Waals surface area contributed by atoms with Gasteiger partial charge in [-0.3, -0.25) is 14.4 Å². The Kier molecular flexibility index (Phi) is 4.15. The molecule has 1 aliphatic heterocycles. The number of hydrogen-bond donors (Lipinski definition) is 1. The van der Waals surface area contributed by atoms with Crippen LogP contribution in [0.3, 0.4) is 0 Å². The number of carbonyl (C=O) groups is 2. The van der Waals surface area contributed by atoms with E-state index in [-0.39, 0.29) is 23.6 Å². The van der Waals surface area contributed by atoms with Crippen LogP contribution in [-0.2, 0) is 6.54 Å². The van der Waals surface area contributed by atoms with E-state index in [0.29, 0.717) is 34.0 Å². The number of aromatic nitrogens is 2. The van der Waals surface area contributed by atoms with Gasteiger partial charge >= 0.3 is 5.97 Å². The molecule has 2 aromatic carbocycles. The highest BCUT2D eigenvalue weighted by atomic mass is 19.1. The van der Waals surface area contributed by atoms with E-state index in [4.69, 9.17) is 0 Å². The summed E-state index contributed by atoms with van der Waals surface area (Å²) < 4.78 is 16.0. The lowest BCUT2D eigenvalue weighted by Gasteiger charge is -2.15. The molecule has 7 heteroatoms. The number of carbonyl (C=O) groups excluding carboxylic acids is 1. The van der Waals surface area contributed by atoms with E-state index in [1.807, 2.05) is 0 Å². The van der Waals surface area contributed by atoms with Crippen molar-refractivity contribution in [2.45, 2.75) is 20.4 Å². The molecule has 4 rings (SSSR count). The van der Waals surface area contributed by atoms with Crippen LogP contribution in [0.2, 0.25) is 0 Å². The van der Waals surface area contributed by atoms with Crippen LogP contribution in [0, 0.1) is 12.7 Å². The first kappa shape index (κ1) is 17.8. The molecule has 1 aliphatic rings. The zero-order chi connectivity index (χ0) is 20.0. The van der Waals surface area contributed by atoms with Gasteiger partial charge in [-0.2, -0.15) is 0 Å². The van der Waals surface area contributed by atoms with Gasteiger partial charge in [0.15, 0.2) is 11.5 Å². The number of benzene rings is 2. The number of carboxylic acids is 1.